The second kappa shape index (κ2) is 6.61. The minimum absolute atomic E-state index is 0.296. The molecule has 1 rings (SSSR count). The minimum Gasteiger partial charge on any atom is -0.390 e. The molecule has 1 aliphatic rings. The number of hydrogen-bond donors (Lipinski definition) is 1. The normalized spacial score (nSPS) is 21.0. The molecule has 2 heteroatoms. The Kier molecular flexibility index (Phi) is 5.77. The van der Waals surface area contributed by atoms with Crippen LogP contribution in [0.25, 0.3) is 0 Å². The number of aliphatic hydroxyl groups is 1. The van der Waals surface area contributed by atoms with Crippen LogP contribution in [-0.2, 0) is 4.74 Å². The molecule has 16 heavy (non-hydrogen) atoms. The highest BCUT2D eigenvalue weighted by Crippen LogP contribution is 2.33. The van der Waals surface area contributed by atoms with E-state index in [1.165, 1.54) is 32.1 Å². The van der Waals surface area contributed by atoms with Crippen LogP contribution in [0.2, 0.25) is 0 Å². The van der Waals surface area contributed by atoms with Gasteiger partial charge >= 0.3 is 0 Å². The largest absolute Gasteiger partial charge is 0.390 e. The van der Waals surface area contributed by atoms with Crippen molar-refractivity contribution in [1.29, 1.82) is 0 Å². The summed E-state index contributed by atoms with van der Waals surface area (Å²) in [4.78, 5) is 0. The van der Waals surface area contributed by atoms with Crippen LogP contribution in [0.3, 0.4) is 0 Å². The second-order valence-corrected chi connectivity index (χ2v) is 5.23. The van der Waals surface area contributed by atoms with Crippen molar-refractivity contribution >= 4 is 0 Å². The number of aliphatic hydroxyl groups excluding tert-OH is 1. The van der Waals surface area contributed by atoms with Crippen molar-refractivity contribution in [2.24, 2.45) is 5.92 Å². The third-order valence-corrected chi connectivity index (χ3v) is 4.49. The maximum absolute atomic E-state index is 10.4. The fourth-order valence-corrected chi connectivity index (χ4v) is 3.10. The highest BCUT2D eigenvalue weighted by atomic mass is 16.5. The summed E-state index contributed by atoms with van der Waals surface area (Å²) in [6, 6.07) is 0. The van der Waals surface area contributed by atoms with Crippen LogP contribution in [0.5, 0.6) is 0 Å². The molecule has 1 aliphatic carbocycles. The third-order valence-electron chi connectivity index (χ3n) is 4.49. The quantitative estimate of drug-likeness (QED) is 0.753. The van der Waals surface area contributed by atoms with Gasteiger partial charge in [0.1, 0.15) is 0 Å². The molecule has 0 radical (unpaired) electrons. The number of hydrogen-bond acceptors (Lipinski definition) is 2. The molecule has 0 aromatic carbocycles. The topological polar surface area (TPSA) is 29.5 Å². The predicted molar refractivity (Wildman–Crippen MR) is 67.5 cm³/mol. The monoisotopic (exact) mass is 228 g/mol. The van der Waals surface area contributed by atoms with Gasteiger partial charge in [0, 0.05) is 7.11 Å². The van der Waals surface area contributed by atoms with Crippen molar-refractivity contribution < 1.29 is 9.84 Å². The van der Waals surface area contributed by atoms with Gasteiger partial charge in [-0.3, -0.25) is 0 Å². The maximum atomic E-state index is 10.4. The Balaban J connectivity index is 2.50. The molecule has 1 fully saturated rings. The maximum Gasteiger partial charge on any atom is 0.0931 e. The van der Waals surface area contributed by atoms with E-state index in [1.54, 1.807) is 7.11 Å². The molecule has 0 heterocycles. The molecule has 1 unspecified atom stereocenters. The first-order chi connectivity index (χ1) is 7.68. The first-order valence-corrected chi connectivity index (χ1v) is 6.91. The number of ether oxygens (including phenoxy) is 1. The summed E-state index contributed by atoms with van der Waals surface area (Å²) >= 11 is 0. The molecular weight excluding hydrogens is 200 g/mol. The van der Waals surface area contributed by atoms with Gasteiger partial charge in [-0.15, -0.1) is 0 Å². The summed E-state index contributed by atoms with van der Waals surface area (Å²) in [5, 5.41) is 10.4. The zero-order valence-corrected chi connectivity index (χ0v) is 11.2. The molecule has 96 valence electrons. The lowest BCUT2D eigenvalue weighted by Gasteiger charge is -2.37. The fourth-order valence-electron chi connectivity index (χ4n) is 3.10. The highest BCUT2D eigenvalue weighted by molar-refractivity contribution is 4.87. The predicted octanol–water partition coefficient (Wildman–Crippen LogP) is 3.52. The molecule has 1 atom stereocenters. The van der Waals surface area contributed by atoms with Gasteiger partial charge in [-0.05, 0) is 25.2 Å². The van der Waals surface area contributed by atoms with Crippen LogP contribution in [0.1, 0.15) is 65.2 Å². The van der Waals surface area contributed by atoms with E-state index in [4.69, 9.17) is 4.74 Å². The SMILES string of the molecule is CCC(CC)(OC)C(O)CC1CCCCC1. The lowest BCUT2D eigenvalue weighted by Crippen LogP contribution is -2.44. The molecule has 0 amide bonds. The third kappa shape index (κ3) is 3.21. The van der Waals surface area contributed by atoms with Crippen molar-refractivity contribution in [3.63, 3.8) is 0 Å². The van der Waals surface area contributed by atoms with Gasteiger partial charge in [-0.25, -0.2) is 0 Å². The second-order valence-electron chi connectivity index (χ2n) is 5.23. The first-order valence-electron chi connectivity index (χ1n) is 6.91. The zero-order chi connectivity index (χ0) is 12.0. The summed E-state index contributed by atoms with van der Waals surface area (Å²) in [7, 11) is 1.73. The van der Waals surface area contributed by atoms with Crippen molar-refractivity contribution in [2.75, 3.05) is 7.11 Å². The van der Waals surface area contributed by atoms with Crippen molar-refractivity contribution in [2.45, 2.75) is 76.9 Å². The van der Waals surface area contributed by atoms with Gasteiger partial charge in [0.2, 0.25) is 0 Å². The molecule has 1 N–H and O–H groups in total. The van der Waals surface area contributed by atoms with Gasteiger partial charge in [-0.1, -0.05) is 46.0 Å². The standard InChI is InChI=1S/C14H28O2/c1-4-14(5-2,16-3)13(15)11-12-9-7-6-8-10-12/h12-13,15H,4-11H2,1-3H3. The van der Waals surface area contributed by atoms with Gasteiger partial charge in [-0.2, -0.15) is 0 Å². The van der Waals surface area contributed by atoms with Crippen LogP contribution in [-0.4, -0.2) is 23.9 Å². The smallest absolute Gasteiger partial charge is 0.0931 e. The van der Waals surface area contributed by atoms with E-state index < -0.39 is 0 Å². The van der Waals surface area contributed by atoms with E-state index >= 15 is 0 Å². The van der Waals surface area contributed by atoms with Crippen LogP contribution in [0.15, 0.2) is 0 Å². The molecule has 0 aromatic heterocycles. The Morgan fingerprint density at radius 2 is 1.75 bits per heavy atom. The fraction of sp³-hybridized carbons (Fsp3) is 1.00. The molecule has 0 saturated heterocycles. The highest BCUT2D eigenvalue weighted by Gasteiger charge is 2.35. The Hall–Kier alpha value is -0.0800. The van der Waals surface area contributed by atoms with E-state index in [1.807, 2.05) is 0 Å². The Labute approximate surface area is 100 Å². The van der Waals surface area contributed by atoms with Crippen LogP contribution in [0, 0.1) is 5.92 Å². The average molecular weight is 228 g/mol. The first kappa shape index (κ1) is 14.0. The summed E-state index contributed by atoms with van der Waals surface area (Å²) in [6.45, 7) is 4.22. The zero-order valence-electron chi connectivity index (χ0n) is 11.2. The average Bonchev–Trinajstić information content (AvgIpc) is 2.33. The van der Waals surface area contributed by atoms with E-state index in [9.17, 15) is 5.11 Å². The van der Waals surface area contributed by atoms with E-state index in [0.717, 1.165) is 25.2 Å². The summed E-state index contributed by atoms with van der Waals surface area (Å²) in [5.41, 5.74) is -0.308. The lowest BCUT2D eigenvalue weighted by molar-refractivity contribution is -0.115. The van der Waals surface area contributed by atoms with Gasteiger partial charge < -0.3 is 9.84 Å². The van der Waals surface area contributed by atoms with Crippen LogP contribution >= 0.6 is 0 Å². The van der Waals surface area contributed by atoms with Gasteiger partial charge in [0.25, 0.3) is 0 Å². The summed E-state index contributed by atoms with van der Waals surface area (Å²) in [6.07, 6.45) is 9.08. The van der Waals surface area contributed by atoms with Gasteiger partial charge in [0.15, 0.2) is 0 Å². The van der Waals surface area contributed by atoms with Crippen molar-refractivity contribution in [1.82, 2.24) is 0 Å². The number of methoxy groups -OCH3 is 1. The molecule has 0 bridgehead atoms. The minimum atomic E-state index is -0.308. The van der Waals surface area contributed by atoms with Crippen molar-refractivity contribution in [3.8, 4) is 0 Å². The Bertz CT molecular complexity index is 173. The van der Waals surface area contributed by atoms with Crippen LogP contribution in [0.4, 0.5) is 0 Å². The Morgan fingerprint density at radius 1 is 1.19 bits per heavy atom. The molecule has 2 nitrogen and oxygen atoms in total. The van der Waals surface area contributed by atoms with Gasteiger partial charge in [0.05, 0.1) is 11.7 Å². The summed E-state index contributed by atoms with van der Waals surface area (Å²) in [5.74, 6) is 0.719. The molecule has 1 saturated carbocycles. The lowest BCUT2D eigenvalue weighted by atomic mass is 9.79. The number of rotatable bonds is 6. The molecule has 0 aromatic rings. The molecule has 0 spiro atoms. The molecular formula is C14H28O2. The molecule has 0 aliphatic heterocycles. The van der Waals surface area contributed by atoms with E-state index in [-0.39, 0.29) is 11.7 Å². The van der Waals surface area contributed by atoms with E-state index in [0.29, 0.717) is 0 Å². The van der Waals surface area contributed by atoms with E-state index in [2.05, 4.69) is 13.8 Å². The van der Waals surface area contributed by atoms with Crippen LogP contribution < -0.4 is 0 Å². The Morgan fingerprint density at radius 3 is 2.19 bits per heavy atom. The summed E-state index contributed by atoms with van der Waals surface area (Å²) < 4.78 is 5.59. The van der Waals surface area contributed by atoms with Crippen molar-refractivity contribution in [3.05, 3.63) is 0 Å².